The van der Waals surface area contributed by atoms with Gasteiger partial charge in [0.15, 0.2) is 0 Å². The van der Waals surface area contributed by atoms with E-state index in [1.807, 2.05) is 30.3 Å². The molecule has 1 rings (SSSR count). The molecule has 0 aliphatic heterocycles. The van der Waals surface area contributed by atoms with Gasteiger partial charge in [0, 0.05) is 0 Å². The van der Waals surface area contributed by atoms with E-state index in [-0.39, 0.29) is 11.8 Å². The van der Waals surface area contributed by atoms with E-state index < -0.39 is 0 Å². The molecule has 0 aliphatic carbocycles. The summed E-state index contributed by atoms with van der Waals surface area (Å²) in [6.45, 7) is 4.13. The topological polar surface area (TPSA) is 43.1 Å². The third-order valence-electron chi connectivity index (χ3n) is 2.68. The van der Waals surface area contributed by atoms with E-state index in [2.05, 4.69) is 13.8 Å². The second-order valence-corrected chi connectivity index (χ2v) is 3.68. The van der Waals surface area contributed by atoms with Crippen molar-refractivity contribution in [1.29, 1.82) is 0 Å². The maximum absolute atomic E-state index is 11.3. The van der Waals surface area contributed by atoms with Gasteiger partial charge in [-0.05, 0) is 11.5 Å². The second-order valence-electron chi connectivity index (χ2n) is 3.68. The van der Waals surface area contributed by atoms with Crippen LogP contribution in [0.15, 0.2) is 30.3 Å². The molecule has 2 heteroatoms. The van der Waals surface area contributed by atoms with Gasteiger partial charge in [0.2, 0.25) is 5.91 Å². The number of hydrogen-bond donors (Lipinski definition) is 1. The number of hydrogen-bond acceptors (Lipinski definition) is 1. The zero-order valence-electron chi connectivity index (χ0n) is 8.73. The normalized spacial score (nSPS) is 14.7. The summed E-state index contributed by atoms with van der Waals surface area (Å²) in [7, 11) is 0. The number of benzene rings is 1. The summed E-state index contributed by atoms with van der Waals surface area (Å²) in [5.41, 5.74) is 6.43. The van der Waals surface area contributed by atoms with Crippen molar-refractivity contribution < 1.29 is 4.79 Å². The Kier molecular flexibility index (Phi) is 3.69. The highest BCUT2D eigenvalue weighted by atomic mass is 16.1. The third-order valence-corrected chi connectivity index (χ3v) is 2.68. The zero-order valence-corrected chi connectivity index (χ0v) is 8.73. The molecule has 0 unspecified atom stereocenters. The molecule has 14 heavy (non-hydrogen) atoms. The Balaban J connectivity index is 2.95. The zero-order chi connectivity index (χ0) is 10.6. The fourth-order valence-electron chi connectivity index (χ4n) is 1.67. The van der Waals surface area contributed by atoms with Crippen LogP contribution < -0.4 is 5.73 Å². The number of rotatable bonds is 4. The Bertz CT molecular complexity index is 294. The Morgan fingerprint density at radius 2 is 1.93 bits per heavy atom. The Hall–Kier alpha value is -1.31. The number of nitrogens with two attached hydrogens (primary N) is 1. The van der Waals surface area contributed by atoms with Crippen LogP contribution in [-0.2, 0) is 4.79 Å². The van der Waals surface area contributed by atoms with E-state index >= 15 is 0 Å². The van der Waals surface area contributed by atoms with E-state index in [0.29, 0.717) is 5.92 Å². The van der Waals surface area contributed by atoms with Crippen LogP contribution in [0.5, 0.6) is 0 Å². The molecule has 76 valence electrons. The molecule has 1 aromatic carbocycles. The van der Waals surface area contributed by atoms with Crippen LogP contribution in [0.25, 0.3) is 0 Å². The van der Waals surface area contributed by atoms with Crippen molar-refractivity contribution >= 4 is 5.91 Å². The number of primary amides is 1. The highest BCUT2D eigenvalue weighted by Gasteiger charge is 2.22. The molecule has 2 N–H and O–H groups in total. The molecule has 0 aromatic heterocycles. The lowest BCUT2D eigenvalue weighted by Crippen LogP contribution is -2.26. The summed E-state index contributed by atoms with van der Waals surface area (Å²) in [6, 6.07) is 9.74. The molecule has 0 saturated heterocycles. The predicted molar refractivity (Wildman–Crippen MR) is 57.8 cm³/mol. The van der Waals surface area contributed by atoms with E-state index in [0.717, 1.165) is 12.0 Å². The summed E-state index contributed by atoms with van der Waals surface area (Å²) in [5.74, 6) is -0.0818. The van der Waals surface area contributed by atoms with Crippen molar-refractivity contribution in [3.8, 4) is 0 Å². The van der Waals surface area contributed by atoms with E-state index in [9.17, 15) is 4.79 Å². The highest BCUT2D eigenvalue weighted by Crippen LogP contribution is 2.26. The standard InChI is InChI=1S/C12H17NO/c1-3-9(2)11(12(13)14)10-7-5-4-6-8-10/h4-9,11H,3H2,1-2H3,(H2,13,14)/t9-,11+/m1/s1. The molecule has 0 spiro atoms. The van der Waals surface area contributed by atoms with Crippen molar-refractivity contribution in [3.05, 3.63) is 35.9 Å². The molecule has 1 amide bonds. The first kappa shape index (κ1) is 10.8. The molecule has 0 bridgehead atoms. The summed E-state index contributed by atoms with van der Waals surface area (Å²) >= 11 is 0. The van der Waals surface area contributed by atoms with Gasteiger partial charge >= 0.3 is 0 Å². The van der Waals surface area contributed by atoms with Crippen molar-refractivity contribution in [2.24, 2.45) is 11.7 Å². The molecule has 0 aliphatic rings. The van der Waals surface area contributed by atoms with Crippen LogP contribution in [0, 0.1) is 5.92 Å². The van der Waals surface area contributed by atoms with Crippen LogP contribution in [0.4, 0.5) is 0 Å². The van der Waals surface area contributed by atoms with E-state index in [1.54, 1.807) is 0 Å². The van der Waals surface area contributed by atoms with Gasteiger partial charge in [0.1, 0.15) is 0 Å². The fourth-order valence-corrected chi connectivity index (χ4v) is 1.67. The molecular weight excluding hydrogens is 174 g/mol. The summed E-state index contributed by atoms with van der Waals surface area (Å²) < 4.78 is 0. The molecule has 2 atom stereocenters. The van der Waals surface area contributed by atoms with Crippen molar-refractivity contribution in [2.75, 3.05) is 0 Å². The average Bonchev–Trinajstić information content (AvgIpc) is 2.19. The third kappa shape index (κ3) is 2.34. The predicted octanol–water partition coefficient (Wildman–Crippen LogP) is 2.30. The first-order valence-electron chi connectivity index (χ1n) is 5.01. The number of carbonyl (C=O) groups is 1. The number of amides is 1. The molecule has 1 aromatic rings. The Morgan fingerprint density at radius 1 is 1.36 bits per heavy atom. The van der Waals surface area contributed by atoms with Gasteiger partial charge in [-0.2, -0.15) is 0 Å². The van der Waals surface area contributed by atoms with Gasteiger partial charge in [-0.25, -0.2) is 0 Å². The fraction of sp³-hybridized carbons (Fsp3) is 0.417. The Morgan fingerprint density at radius 3 is 2.36 bits per heavy atom. The van der Waals surface area contributed by atoms with Gasteiger partial charge in [-0.15, -0.1) is 0 Å². The minimum Gasteiger partial charge on any atom is -0.369 e. The molecule has 0 heterocycles. The summed E-state index contributed by atoms with van der Waals surface area (Å²) in [4.78, 5) is 11.3. The quantitative estimate of drug-likeness (QED) is 0.779. The maximum atomic E-state index is 11.3. The largest absolute Gasteiger partial charge is 0.369 e. The van der Waals surface area contributed by atoms with Crippen LogP contribution in [0.1, 0.15) is 31.7 Å². The van der Waals surface area contributed by atoms with E-state index in [4.69, 9.17) is 5.73 Å². The molecular formula is C12H17NO. The molecule has 2 nitrogen and oxygen atoms in total. The van der Waals surface area contributed by atoms with Crippen LogP contribution in [-0.4, -0.2) is 5.91 Å². The minimum atomic E-state index is -0.231. The highest BCUT2D eigenvalue weighted by molar-refractivity contribution is 5.82. The second kappa shape index (κ2) is 4.80. The smallest absolute Gasteiger partial charge is 0.225 e. The van der Waals surface area contributed by atoms with Crippen molar-refractivity contribution in [3.63, 3.8) is 0 Å². The lowest BCUT2D eigenvalue weighted by atomic mass is 9.85. The molecule has 0 radical (unpaired) electrons. The lowest BCUT2D eigenvalue weighted by Gasteiger charge is -2.19. The van der Waals surface area contributed by atoms with Gasteiger partial charge in [-0.3, -0.25) is 4.79 Å². The van der Waals surface area contributed by atoms with Crippen LogP contribution in [0.3, 0.4) is 0 Å². The molecule has 0 fully saturated rings. The van der Waals surface area contributed by atoms with Gasteiger partial charge < -0.3 is 5.73 Å². The maximum Gasteiger partial charge on any atom is 0.225 e. The summed E-state index contributed by atoms with van der Waals surface area (Å²) in [5, 5.41) is 0. The molecule has 0 saturated carbocycles. The average molecular weight is 191 g/mol. The van der Waals surface area contributed by atoms with Crippen molar-refractivity contribution in [2.45, 2.75) is 26.2 Å². The minimum absolute atomic E-state index is 0.152. The van der Waals surface area contributed by atoms with Crippen LogP contribution in [0.2, 0.25) is 0 Å². The Labute approximate surface area is 85.1 Å². The lowest BCUT2D eigenvalue weighted by molar-refractivity contribution is -0.120. The summed E-state index contributed by atoms with van der Waals surface area (Å²) in [6.07, 6.45) is 0.961. The van der Waals surface area contributed by atoms with Gasteiger partial charge in [-0.1, -0.05) is 50.6 Å². The van der Waals surface area contributed by atoms with Gasteiger partial charge in [0.05, 0.1) is 5.92 Å². The van der Waals surface area contributed by atoms with Gasteiger partial charge in [0.25, 0.3) is 0 Å². The first-order valence-corrected chi connectivity index (χ1v) is 5.01. The van der Waals surface area contributed by atoms with Crippen LogP contribution >= 0.6 is 0 Å². The van der Waals surface area contributed by atoms with E-state index in [1.165, 1.54) is 0 Å². The van der Waals surface area contributed by atoms with Crippen molar-refractivity contribution in [1.82, 2.24) is 0 Å². The first-order chi connectivity index (χ1) is 6.66. The monoisotopic (exact) mass is 191 g/mol. The SMILES string of the molecule is CC[C@@H](C)[C@H](C(N)=O)c1ccccc1. The number of carbonyl (C=O) groups excluding carboxylic acids is 1.